The van der Waals surface area contributed by atoms with Gasteiger partial charge in [0.2, 0.25) is 5.91 Å². The van der Waals surface area contributed by atoms with Gasteiger partial charge in [0, 0.05) is 18.6 Å². The van der Waals surface area contributed by atoms with Crippen molar-refractivity contribution in [3.63, 3.8) is 0 Å². The van der Waals surface area contributed by atoms with Crippen LogP contribution in [0.1, 0.15) is 30.0 Å². The summed E-state index contributed by atoms with van der Waals surface area (Å²) in [5.74, 6) is 0.0141. The van der Waals surface area contributed by atoms with Crippen LogP contribution >= 0.6 is 11.6 Å². The first-order valence-electron chi connectivity index (χ1n) is 6.85. The van der Waals surface area contributed by atoms with Gasteiger partial charge in [-0.25, -0.2) is 0 Å². The van der Waals surface area contributed by atoms with Crippen LogP contribution in [0, 0.1) is 0 Å². The standard InChI is InChI=1S/C15H20ClNO3/c1-19-9-10-20-8-7-15(18)17-14-6-5-11-12(14)3-2-4-13(11)16/h2-4,14H,5-10H2,1H3,(H,17,18)/t14-/m0/s1. The summed E-state index contributed by atoms with van der Waals surface area (Å²) in [6.45, 7) is 1.49. The first kappa shape index (κ1) is 15.3. The molecule has 0 bridgehead atoms. The number of benzene rings is 1. The van der Waals surface area contributed by atoms with Crippen molar-refractivity contribution in [3.8, 4) is 0 Å². The van der Waals surface area contributed by atoms with Crippen LogP contribution in [-0.2, 0) is 20.7 Å². The van der Waals surface area contributed by atoms with Crippen molar-refractivity contribution in [2.45, 2.75) is 25.3 Å². The normalized spacial score (nSPS) is 17.0. The summed E-state index contributed by atoms with van der Waals surface area (Å²) in [5.41, 5.74) is 2.31. The summed E-state index contributed by atoms with van der Waals surface area (Å²) >= 11 is 6.16. The van der Waals surface area contributed by atoms with E-state index >= 15 is 0 Å². The van der Waals surface area contributed by atoms with Crippen LogP contribution < -0.4 is 5.32 Å². The molecular weight excluding hydrogens is 278 g/mol. The monoisotopic (exact) mass is 297 g/mol. The van der Waals surface area contributed by atoms with Gasteiger partial charge in [0.15, 0.2) is 0 Å². The van der Waals surface area contributed by atoms with Crippen molar-refractivity contribution in [1.82, 2.24) is 5.32 Å². The van der Waals surface area contributed by atoms with Crippen molar-refractivity contribution >= 4 is 17.5 Å². The van der Waals surface area contributed by atoms with Gasteiger partial charge >= 0.3 is 0 Å². The van der Waals surface area contributed by atoms with E-state index in [1.165, 1.54) is 0 Å². The first-order chi connectivity index (χ1) is 9.72. The highest BCUT2D eigenvalue weighted by atomic mass is 35.5. The summed E-state index contributed by atoms with van der Waals surface area (Å²) in [6.07, 6.45) is 2.20. The van der Waals surface area contributed by atoms with Gasteiger partial charge in [-0.3, -0.25) is 4.79 Å². The van der Waals surface area contributed by atoms with E-state index in [0.717, 1.165) is 29.0 Å². The Morgan fingerprint density at radius 2 is 2.25 bits per heavy atom. The molecule has 0 heterocycles. The van der Waals surface area contributed by atoms with Gasteiger partial charge < -0.3 is 14.8 Å². The van der Waals surface area contributed by atoms with Crippen LogP contribution in [0.25, 0.3) is 0 Å². The molecule has 0 saturated heterocycles. The summed E-state index contributed by atoms with van der Waals surface area (Å²) in [7, 11) is 1.62. The summed E-state index contributed by atoms with van der Waals surface area (Å²) < 4.78 is 10.2. The average molecular weight is 298 g/mol. The van der Waals surface area contributed by atoms with Gasteiger partial charge in [0.05, 0.1) is 25.9 Å². The second-order valence-corrected chi connectivity index (χ2v) is 5.23. The van der Waals surface area contributed by atoms with Crippen LogP contribution in [0.5, 0.6) is 0 Å². The fourth-order valence-electron chi connectivity index (χ4n) is 2.44. The van der Waals surface area contributed by atoms with E-state index in [1.54, 1.807) is 7.11 Å². The Morgan fingerprint density at radius 3 is 3.05 bits per heavy atom. The second kappa shape index (κ2) is 7.62. The third-order valence-corrected chi connectivity index (χ3v) is 3.81. The van der Waals surface area contributed by atoms with E-state index in [0.29, 0.717) is 26.2 Å². The minimum Gasteiger partial charge on any atom is -0.382 e. The number of fused-ring (bicyclic) bond motifs is 1. The van der Waals surface area contributed by atoms with Gasteiger partial charge in [-0.05, 0) is 30.0 Å². The minimum absolute atomic E-state index is 0.0141. The van der Waals surface area contributed by atoms with E-state index in [4.69, 9.17) is 21.1 Å². The lowest BCUT2D eigenvalue weighted by Crippen LogP contribution is -2.28. The third kappa shape index (κ3) is 3.95. The number of hydrogen-bond donors (Lipinski definition) is 1. The molecule has 1 atom stereocenters. The second-order valence-electron chi connectivity index (χ2n) is 4.82. The number of nitrogens with one attached hydrogen (secondary N) is 1. The molecule has 1 aromatic carbocycles. The Balaban J connectivity index is 1.78. The molecule has 0 saturated carbocycles. The summed E-state index contributed by atoms with van der Waals surface area (Å²) in [5, 5.41) is 3.84. The number of amides is 1. The number of rotatable bonds is 7. The molecule has 20 heavy (non-hydrogen) atoms. The molecule has 0 aromatic heterocycles. The maximum absolute atomic E-state index is 11.9. The molecule has 1 aliphatic rings. The Kier molecular flexibility index (Phi) is 5.83. The zero-order chi connectivity index (χ0) is 14.4. The number of hydrogen-bond acceptors (Lipinski definition) is 3. The molecule has 5 heteroatoms. The Bertz CT molecular complexity index is 464. The van der Waals surface area contributed by atoms with E-state index in [2.05, 4.69) is 5.32 Å². The highest BCUT2D eigenvalue weighted by Crippen LogP contribution is 2.35. The van der Waals surface area contributed by atoms with Crippen LogP contribution in [0.4, 0.5) is 0 Å². The molecule has 1 aromatic rings. The zero-order valence-corrected chi connectivity index (χ0v) is 12.4. The molecule has 1 aliphatic carbocycles. The average Bonchev–Trinajstić information content (AvgIpc) is 2.83. The van der Waals surface area contributed by atoms with Crippen molar-refractivity contribution in [2.24, 2.45) is 0 Å². The maximum Gasteiger partial charge on any atom is 0.222 e. The molecule has 0 aliphatic heterocycles. The lowest BCUT2D eigenvalue weighted by molar-refractivity contribution is -0.123. The zero-order valence-electron chi connectivity index (χ0n) is 11.7. The lowest BCUT2D eigenvalue weighted by atomic mass is 10.1. The topological polar surface area (TPSA) is 47.6 Å². The van der Waals surface area contributed by atoms with E-state index in [9.17, 15) is 4.79 Å². The number of halogens is 1. The smallest absolute Gasteiger partial charge is 0.222 e. The van der Waals surface area contributed by atoms with Gasteiger partial charge in [0.25, 0.3) is 0 Å². The molecule has 1 amide bonds. The van der Waals surface area contributed by atoms with Crippen molar-refractivity contribution < 1.29 is 14.3 Å². The molecule has 1 N–H and O–H groups in total. The maximum atomic E-state index is 11.9. The van der Waals surface area contributed by atoms with Crippen LogP contribution in [0.15, 0.2) is 18.2 Å². The molecule has 0 radical (unpaired) electrons. The molecular formula is C15H20ClNO3. The summed E-state index contributed by atoms with van der Waals surface area (Å²) in [4.78, 5) is 11.9. The van der Waals surface area contributed by atoms with E-state index < -0.39 is 0 Å². The molecule has 0 unspecified atom stereocenters. The largest absolute Gasteiger partial charge is 0.382 e. The van der Waals surface area contributed by atoms with Crippen molar-refractivity contribution in [1.29, 1.82) is 0 Å². The van der Waals surface area contributed by atoms with Gasteiger partial charge in [-0.1, -0.05) is 23.7 Å². The van der Waals surface area contributed by atoms with Crippen molar-refractivity contribution in [2.75, 3.05) is 26.9 Å². The highest BCUT2D eigenvalue weighted by Gasteiger charge is 2.25. The predicted octanol–water partition coefficient (Wildman–Crippen LogP) is 2.50. The van der Waals surface area contributed by atoms with Crippen LogP contribution in [0.3, 0.4) is 0 Å². The SMILES string of the molecule is COCCOCCC(=O)N[C@H]1CCc2c(Cl)cccc21. The lowest BCUT2D eigenvalue weighted by Gasteiger charge is -2.14. The Morgan fingerprint density at radius 1 is 1.40 bits per heavy atom. The number of carbonyl (C=O) groups is 1. The van der Waals surface area contributed by atoms with Crippen LogP contribution in [0.2, 0.25) is 5.02 Å². The summed E-state index contributed by atoms with van der Waals surface area (Å²) in [6, 6.07) is 5.94. The number of carbonyl (C=O) groups excluding carboxylic acids is 1. The van der Waals surface area contributed by atoms with Gasteiger partial charge in [-0.2, -0.15) is 0 Å². The molecule has 2 rings (SSSR count). The molecule has 110 valence electrons. The predicted molar refractivity (Wildman–Crippen MR) is 78.0 cm³/mol. The first-order valence-corrected chi connectivity index (χ1v) is 7.23. The van der Waals surface area contributed by atoms with Gasteiger partial charge in [-0.15, -0.1) is 0 Å². The highest BCUT2D eigenvalue weighted by molar-refractivity contribution is 6.31. The Labute approximate surface area is 124 Å². The van der Waals surface area contributed by atoms with Gasteiger partial charge in [0.1, 0.15) is 0 Å². The van der Waals surface area contributed by atoms with Crippen LogP contribution in [-0.4, -0.2) is 32.8 Å². The third-order valence-electron chi connectivity index (χ3n) is 3.45. The molecule has 0 fully saturated rings. The van der Waals surface area contributed by atoms with E-state index in [-0.39, 0.29) is 11.9 Å². The Hall–Kier alpha value is -1.10. The quantitative estimate of drug-likeness (QED) is 0.787. The fourth-order valence-corrected chi connectivity index (χ4v) is 2.71. The molecule has 4 nitrogen and oxygen atoms in total. The van der Waals surface area contributed by atoms with Crippen molar-refractivity contribution in [3.05, 3.63) is 34.3 Å². The minimum atomic E-state index is 0.0141. The number of ether oxygens (including phenoxy) is 2. The number of methoxy groups -OCH3 is 1. The fraction of sp³-hybridized carbons (Fsp3) is 0.533. The van der Waals surface area contributed by atoms with E-state index in [1.807, 2.05) is 18.2 Å². The molecule has 0 spiro atoms.